The lowest BCUT2D eigenvalue weighted by molar-refractivity contribution is -0.138. The molecule has 0 amide bonds. The van der Waals surface area contributed by atoms with Gasteiger partial charge in [-0.05, 0) is 107 Å². The van der Waals surface area contributed by atoms with Crippen molar-refractivity contribution in [2.45, 2.75) is 104 Å². The summed E-state index contributed by atoms with van der Waals surface area (Å²) in [5.74, 6) is 2.52. The van der Waals surface area contributed by atoms with E-state index in [1.807, 2.05) is 30.3 Å². The van der Waals surface area contributed by atoms with Crippen molar-refractivity contribution in [3.8, 4) is 45.3 Å². The molecule has 5 rings (SSSR count). The van der Waals surface area contributed by atoms with E-state index in [4.69, 9.17) is 28.4 Å². The van der Waals surface area contributed by atoms with Crippen LogP contribution in [-0.4, -0.2) is 38.4 Å². The van der Waals surface area contributed by atoms with Crippen LogP contribution in [0.1, 0.15) is 101 Å². The van der Waals surface area contributed by atoms with Gasteiger partial charge >= 0.3 is 11.9 Å². The molecule has 0 radical (unpaired) electrons. The molecule has 0 bridgehead atoms. The molecule has 5 aromatic carbocycles. The van der Waals surface area contributed by atoms with Crippen molar-refractivity contribution >= 4 is 11.9 Å². The number of ether oxygens (including phenoxy) is 6. The molecule has 0 atom stereocenters. The smallest absolute Gasteiger partial charge is 0.330 e. The van der Waals surface area contributed by atoms with Crippen LogP contribution in [0.15, 0.2) is 141 Å². The van der Waals surface area contributed by atoms with Crippen molar-refractivity contribution in [2.75, 3.05) is 26.4 Å². The van der Waals surface area contributed by atoms with E-state index in [0.717, 1.165) is 140 Å². The summed E-state index contributed by atoms with van der Waals surface area (Å²) in [4.78, 5) is 22.2. The van der Waals surface area contributed by atoms with Gasteiger partial charge in [-0.1, -0.05) is 150 Å². The van der Waals surface area contributed by atoms with E-state index < -0.39 is 0 Å². The number of aryl methyl sites for hydroxylation is 1. The lowest BCUT2D eigenvalue weighted by Gasteiger charge is -2.15. The third kappa shape index (κ3) is 17.8. The molecule has 0 aromatic heterocycles. The number of benzene rings is 5. The van der Waals surface area contributed by atoms with E-state index >= 15 is 0 Å². The molecule has 8 nitrogen and oxygen atoms in total. The van der Waals surface area contributed by atoms with Gasteiger partial charge in [0, 0.05) is 12.2 Å². The third-order valence-electron chi connectivity index (χ3n) is 10.9. The van der Waals surface area contributed by atoms with Gasteiger partial charge in [-0.3, -0.25) is 0 Å². The molecule has 0 unspecified atom stereocenters. The molecule has 0 aliphatic rings. The molecule has 0 saturated carbocycles. The van der Waals surface area contributed by atoms with Crippen molar-refractivity contribution in [1.82, 2.24) is 0 Å². The summed E-state index contributed by atoms with van der Waals surface area (Å²) < 4.78 is 34.7. The van der Waals surface area contributed by atoms with Crippen molar-refractivity contribution in [2.24, 2.45) is 0 Å². The van der Waals surface area contributed by atoms with Gasteiger partial charge in [0.15, 0.2) is 11.5 Å². The van der Waals surface area contributed by atoms with E-state index in [1.165, 1.54) is 17.7 Å². The Balaban J connectivity index is 0.997. The molecule has 8 heteroatoms. The molecule has 0 aliphatic heterocycles. The second kappa shape index (κ2) is 28.4. The Kier molecular flexibility index (Phi) is 21.6. The van der Waals surface area contributed by atoms with Crippen LogP contribution in [0.5, 0.6) is 23.0 Å². The molecule has 0 fully saturated rings. The quantitative estimate of drug-likeness (QED) is 0.0247. The molecule has 0 N–H and O–H groups in total. The summed E-state index contributed by atoms with van der Waals surface area (Å²) in [7, 11) is 0. The van der Waals surface area contributed by atoms with Gasteiger partial charge in [-0.25, -0.2) is 9.59 Å². The highest BCUT2D eigenvalue weighted by Crippen LogP contribution is 2.31. The Hall–Kier alpha value is -6.28. The predicted molar refractivity (Wildman–Crippen MR) is 257 cm³/mol. The van der Waals surface area contributed by atoms with E-state index in [0.29, 0.717) is 39.6 Å². The summed E-state index contributed by atoms with van der Waals surface area (Å²) in [5, 5.41) is 0. The number of unbranched alkanes of at least 4 members (excludes halogenated alkanes) is 10. The summed E-state index contributed by atoms with van der Waals surface area (Å²) in [6.07, 6.45) is 16.0. The SMILES string of the molecule is C=CC(=O)OCCCCCCCCOc1ccc(-c2ccc(COc3ccc(CC)cc3OCc3ccc(-c4ccc(OCCCCCCCCOC(=O)C=C)cc4)cc3)cc2)cc1. The minimum absolute atomic E-state index is 0.350. The van der Waals surface area contributed by atoms with Crippen LogP contribution >= 0.6 is 0 Å². The highest BCUT2D eigenvalue weighted by molar-refractivity contribution is 5.81. The molecule has 338 valence electrons. The number of hydrogen-bond donors (Lipinski definition) is 0. The first-order valence-electron chi connectivity index (χ1n) is 23.1. The molecule has 0 aliphatic carbocycles. The highest BCUT2D eigenvalue weighted by Gasteiger charge is 2.10. The molecule has 0 spiro atoms. The summed E-state index contributed by atoms with van der Waals surface area (Å²) in [6, 6.07) is 39.7. The van der Waals surface area contributed by atoms with E-state index in [9.17, 15) is 9.59 Å². The Labute approximate surface area is 381 Å². The van der Waals surface area contributed by atoms with Gasteiger partial charge in [-0.15, -0.1) is 0 Å². The fourth-order valence-corrected chi connectivity index (χ4v) is 7.07. The van der Waals surface area contributed by atoms with Crippen LogP contribution in [0.2, 0.25) is 0 Å². The second-order valence-electron chi connectivity index (χ2n) is 15.8. The molecule has 64 heavy (non-hydrogen) atoms. The molecule has 5 aromatic rings. The molecular weight excluding hydrogens is 801 g/mol. The van der Waals surface area contributed by atoms with E-state index in [1.54, 1.807) is 0 Å². The predicted octanol–water partition coefficient (Wildman–Crippen LogP) is 13.6. The summed E-state index contributed by atoms with van der Waals surface area (Å²) in [6.45, 7) is 12.1. The summed E-state index contributed by atoms with van der Waals surface area (Å²) >= 11 is 0. The minimum Gasteiger partial charge on any atom is -0.494 e. The Morgan fingerprint density at radius 2 is 0.750 bits per heavy atom. The largest absolute Gasteiger partial charge is 0.494 e. The number of hydrogen-bond acceptors (Lipinski definition) is 8. The first-order valence-corrected chi connectivity index (χ1v) is 23.1. The topological polar surface area (TPSA) is 89.5 Å². The highest BCUT2D eigenvalue weighted by atomic mass is 16.5. The fourth-order valence-electron chi connectivity index (χ4n) is 7.07. The fraction of sp³-hybridized carbons (Fsp3) is 0.357. The average Bonchev–Trinajstić information content (AvgIpc) is 3.34. The van der Waals surface area contributed by atoms with Gasteiger partial charge in [0.25, 0.3) is 0 Å². The maximum absolute atomic E-state index is 11.1. The lowest BCUT2D eigenvalue weighted by Crippen LogP contribution is -2.01. The standard InChI is InChI=1S/C56H66O8/c1-4-44-23-36-53(63-42-45-19-24-47(25-20-45)49-28-32-51(33-29-49)59-37-15-11-7-9-13-17-39-61-55(57)5-2)54(41-44)64-43-46-21-26-48(27-22-46)50-30-34-52(35-31-50)60-38-16-12-8-10-14-18-40-62-56(58)6-3/h5-6,19-36,41H,2-4,7-18,37-40,42-43H2,1H3. The van der Waals surface area contributed by atoms with E-state index in [-0.39, 0.29) is 11.9 Å². The van der Waals surface area contributed by atoms with Crippen molar-refractivity contribution in [3.05, 3.63) is 157 Å². The van der Waals surface area contributed by atoms with Crippen molar-refractivity contribution in [1.29, 1.82) is 0 Å². The van der Waals surface area contributed by atoms with Crippen LogP contribution in [0.4, 0.5) is 0 Å². The first kappa shape index (κ1) is 48.7. The Bertz CT molecular complexity index is 2120. The lowest BCUT2D eigenvalue weighted by atomic mass is 10.0. The maximum atomic E-state index is 11.1. The zero-order valence-electron chi connectivity index (χ0n) is 37.7. The van der Waals surface area contributed by atoms with Crippen LogP contribution in [0.3, 0.4) is 0 Å². The minimum atomic E-state index is -0.350. The van der Waals surface area contributed by atoms with Gasteiger partial charge in [0.2, 0.25) is 0 Å². The number of carbonyl (C=O) groups is 2. The van der Waals surface area contributed by atoms with Gasteiger partial charge in [-0.2, -0.15) is 0 Å². The van der Waals surface area contributed by atoms with Crippen molar-refractivity contribution < 1.29 is 38.0 Å². The van der Waals surface area contributed by atoms with Crippen LogP contribution in [0.25, 0.3) is 22.3 Å². The van der Waals surface area contributed by atoms with Gasteiger partial charge in [0.1, 0.15) is 24.7 Å². The Morgan fingerprint density at radius 1 is 0.406 bits per heavy atom. The number of rotatable bonds is 31. The Morgan fingerprint density at radius 3 is 1.14 bits per heavy atom. The number of carbonyl (C=O) groups excluding carboxylic acids is 2. The normalized spacial score (nSPS) is 10.8. The van der Waals surface area contributed by atoms with Crippen LogP contribution in [-0.2, 0) is 38.7 Å². The summed E-state index contributed by atoms with van der Waals surface area (Å²) in [5.41, 5.74) is 7.88. The van der Waals surface area contributed by atoms with E-state index in [2.05, 4.69) is 105 Å². The molecular formula is C56H66O8. The zero-order chi connectivity index (χ0) is 45.0. The van der Waals surface area contributed by atoms with Crippen LogP contribution in [0, 0.1) is 0 Å². The van der Waals surface area contributed by atoms with Gasteiger partial charge in [0.05, 0.1) is 26.4 Å². The number of esters is 2. The average molecular weight is 867 g/mol. The third-order valence-corrected chi connectivity index (χ3v) is 10.9. The maximum Gasteiger partial charge on any atom is 0.330 e. The zero-order valence-corrected chi connectivity index (χ0v) is 37.7. The second-order valence-corrected chi connectivity index (χ2v) is 15.8. The van der Waals surface area contributed by atoms with Gasteiger partial charge < -0.3 is 28.4 Å². The van der Waals surface area contributed by atoms with Crippen molar-refractivity contribution in [3.63, 3.8) is 0 Å². The van der Waals surface area contributed by atoms with Crippen LogP contribution < -0.4 is 18.9 Å². The molecule has 0 saturated heterocycles. The first-order chi connectivity index (χ1) is 31.4. The molecule has 0 heterocycles. The monoisotopic (exact) mass is 866 g/mol.